The first-order chi connectivity index (χ1) is 10.6. The van der Waals surface area contributed by atoms with Crippen LogP contribution >= 0.6 is 0 Å². The molecule has 2 aromatic rings. The lowest BCUT2D eigenvalue weighted by Crippen LogP contribution is -2.05. The van der Waals surface area contributed by atoms with Gasteiger partial charge in [0, 0.05) is 11.6 Å². The minimum absolute atomic E-state index is 0.144. The molecular formula is C18H17O4. The van der Waals surface area contributed by atoms with Gasteiger partial charge in [0.1, 0.15) is 11.5 Å². The molecule has 113 valence electrons. The molecule has 2 N–H and O–H groups in total. The molecule has 0 amide bonds. The summed E-state index contributed by atoms with van der Waals surface area (Å²) < 4.78 is 4.68. The van der Waals surface area contributed by atoms with E-state index in [4.69, 9.17) is 0 Å². The molecule has 2 aromatic carbocycles. The number of carbonyl (C=O) groups is 1. The Morgan fingerprint density at radius 1 is 1.18 bits per heavy atom. The molecule has 0 unspecified atom stereocenters. The molecule has 0 fully saturated rings. The van der Waals surface area contributed by atoms with Crippen molar-refractivity contribution in [3.63, 3.8) is 0 Å². The highest BCUT2D eigenvalue weighted by atomic mass is 16.5. The fraction of sp³-hybridized carbons (Fsp3) is 0.278. The van der Waals surface area contributed by atoms with Crippen LogP contribution in [-0.2, 0) is 17.6 Å². The molecule has 0 aliphatic heterocycles. The zero-order valence-corrected chi connectivity index (χ0v) is 12.3. The minimum Gasteiger partial charge on any atom is -0.507 e. The zero-order chi connectivity index (χ0) is 15.7. The van der Waals surface area contributed by atoms with Crippen molar-refractivity contribution in [2.45, 2.75) is 25.7 Å². The summed E-state index contributed by atoms with van der Waals surface area (Å²) in [4.78, 5) is 11.7. The van der Waals surface area contributed by atoms with Gasteiger partial charge < -0.3 is 14.9 Å². The smallest absolute Gasteiger partial charge is 0.338 e. The predicted octanol–water partition coefficient (Wildman–Crippen LogP) is 3.23. The summed E-state index contributed by atoms with van der Waals surface area (Å²) in [5.74, 6) is -0.561. The van der Waals surface area contributed by atoms with E-state index in [1.807, 2.05) is 6.07 Å². The van der Waals surface area contributed by atoms with Gasteiger partial charge >= 0.3 is 5.97 Å². The molecule has 0 spiro atoms. The minimum atomic E-state index is -0.568. The van der Waals surface area contributed by atoms with E-state index in [-0.39, 0.29) is 17.1 Å². The maximum absolute atomic E-state index is 11.7. The molecular weight excluding hydrogens is 280 g/mol. The number of rotatable bonds is 2. The van der Waals surface area contributed by atoms with Crippen molar-refractivity contribution in [3.05, 3.63) is 47.0 Å². The van der Waals surface area contributed by atoms with Crippen LogP contribution < -0.4 is 0 Å². The molecule has 22 heavy (non-hydrogen) atoms. The van der Waals surface area contributed by atoms with Gasteiger partial charge in [0.25, 0.3) is 0 Å². The van der Waals surface area contributed by atoms with Crippen LogP contribution in [0, 0.1) is 6.07 Å². The number of aryl methyl sites for hydroxylation is 1. The van der Waals surface area contributed by atoms with Crippen molar-refractivity contribution >= 4 is 5.97 Å². The molecule has 0 saturated heterocycles. The molecule has 4 nitrogen and oxygen atoms in total. The summed E-state index contributed by atoms with van der Waals surface area (Å²) in [6.45, 7) is 0. The number of methoxy groups -OCH3 is 1. The SMILES string of the molecule is COC(=O)c1[c]c(O)cc(-c2c(O)ccc3c2CCCC3)c1. The molecule has 1 aliphatic rings. The standard InChI is InChI=1S/C18H17O4/c1-22-18(21)13-8-12(9-14(19)10-13)17-15-5-3-2-4-11(15)6-7-16(17)20/h6-9,19-20H,2-5H2,1H3. The Bertz CT molecular complexity index is 734. The molecule has 1 radical (unpaired) electrons. The van der Waals surface area contributed by atoms with E-state index in [1.165, 1.54) is 18.7 Å². The van der Waals surface area contributed by atoms with Crippen molar-refractivity contribution in [3.8, 4) is 22.6 Å². The number of aromatic hydroxyl groups is 2. The predicted molar refractivity (Wildman–Crippen MR) is 82.0 cm³/mol. The number of hydrogen-bond acceptors (Lipinski definition) is 4. The first kappa shape index (κ1) is 14.4. The van der Waals surface area contributed by atoms with E-state index < -0.39 is 5.97 Å². The van der Waals surface area contributed by atoms with Crippen LogP contribution in [0.5, 0.6) is 11.5 Å². The highest BCUT2D eigenvalue weighted by Gasteiger charge is 2.19. The van der Waals surface area contributed by atoms with Crippen LogP contribution in [0.2, 0.25) is 0 Å². The Labute approximate surface area is 129 Å². The zero-order valence-electron chi connectivity index (χ0n) is 12.3. The second kappa shape index (κ2) is 5.72. The molecule has 4 heteroatoms. The third-order valence-electron chi connectivity index (χ3n) is 4.06. The first-order valence-corrected chi connectivity index (χ1v) is 7.29. The van der Waals surface area contributed by atoms with Crippen LogP contribution in [0.25, 0.3) is 11.1 Å². The summed E-state index contributed by atoms with van der Waals surface area (Å²) in [6, 6.07) is 9.29. The van der Waals surface area contributed by atoms with Crippen molar-refractivity contribution in [1.29, 1.82) is 0 Å². The second-order valence-electron chi connectivity index (χ2n) is 5.46. The summed E-state index contributed by atoms with van der Waals surface area (Å²) in [7, 11) is 1.28. The number of hydrogen-bond donors (Lipinski definition) is 2. The van der Waals surface area contributed by atoms with Crippen molar-refractivity contribution in [1.82, 2.24) is 0 Å². The van der Waals surface area contributed by atoms with Gasteiger partial charge in [-0.2, -0.15) is 0 Å². The third kappa shape index (κ3) is 2.52. The number of phenols is 2. The van der Waals surface area contributed by atoms with E-state index in [2.05, 4.69) is 10.8 Å². The van der Waals surface area contributed by atoms with Gasteiger partial charge in [-0.3, -0.25) is 0 Å². The van der Waals surface area contributed by atoms with E-state index in [1.54, 1.807) is 12.1 Å². The molecule has 1 aliphatic carbocycles. The largest absolute Gasteiger partial charge is 0.507 e. The number of fused-ring (bicyclic) bond motifs is 1. The van der Waals surface area contributed by atoms with E-state index in [9.17, 15) is 15.0 Å². The molecule has 0 aromatic heterocycles. The highest BCUT2D eigenvalue weighted by Crippen LogP contribution is 2.39. The normalized spacial score (nSPS) is 13.5. The maximum atomic E-state index is 11.7. The van der Waals surface area contributed by atoms with E-state index >= 15 is 0 Å². The van der Waals surface area contributed by atoms with Crippen LogP contribution in [0.1, 0.15) is 34.3 Å². The van der Waals surface area contributed by atoms with E-state index in [0.29, 0.717) is 11.1 Å². The highest BCUT2D eigenvalue weighted by molar-refractivity contribution is 5.92. The Kier molecular flexibility index (Phi) is 3.75. The molecule has 0 atom stereocenters. The van der Waals surface area contributed by atoms with Gasteiger partial charge in [0.05, 0.1) is 12.7 Å². The molecule has 3 rings (SSSR count). The van der Waals surface area contributed by atoms with E-state index in [0.717, 1.165) is 31.2 Å². The van der Waals surface area contributed by atoms with Gasteiger partial charge in [-0.15, -0.1) is 0 Å². The second-order valence-corrected chi connectivity index (χ2v) is 5.46. The third-order valence-corrected chi connectivity index (χ3v) is 4.06. The van der Waals surface area contributed by atoms with Gasteiger partial charge in [-0.25, -0.2) is 4.79 Å². The molecule has 0 bridgehead atoms. The maximum Gasteiger partial charge on any atom is 0.338 e. The van der Waals surface area contributed by atoms with Crippen LogP contribution in [0.4, 0.5) is 0 Å². The van der Waals surface area contributed by atoms with Gasteiger partial charge in [0.15, 0.2) is 0 Å². The average Bonchev–Trinajstić information content (AvgIpc) is 2.53. The number of carbonyl (C=O) groups excluding carboxylic acids is 1. The summed E-state index contributed by atoms with van der Waals surface area (Å²) in [6.07, 6.45) is 4.07. The fourth-order valence-corrected chi connectivity index (χ4v) is 3.06. The van der Waals surface area contributed by atoms with Crippen LogP contribution in [0.3, 0.4) is 0 Å². The Hall–Kier alpha value is -2.49. The fourth-order valence-electron chi connectivity index (χ4n) is 3.06. The Morgan fingerprint density at radius 3 is 2.73 bits per heavy atom. The number of ether oxygens (including phenoxy) is 1. The van der Waals surface area contributed by atoms with Crippen molar-refractivity contribution < 1.29 is 19.7 Å². The monoisotopic (exact) mass is 297 g/mol. The quantitative estimate of drug-likeness (QED) is 0.835. The first-order valence-electron chi connectivity index (χ1n) is 7.29. The van der Waals surface area contributed by atoms with Crippen molar-refractivity contribution in [2.24, 2.45) is 0 Å². The van der Waals surface area contributed by atoms with Crippen LogP contribution in [-0.4, -0.2) is 23.3 Å². The van der Waals surface area contributed by atoms with Crippen molar-refractivity contribution in [2.75, 3.05) is 7.11 Å². The lowest BCUT2D eigenvalue weighted by atomic mass is 9.85. The van der Waals surface area contributed by atoms with Gasteiger partial charge in [0.2, 0.25) is 0 Å². The lowest BCUT2D eigenvalue weighted by molar-refractivity contribution is 0.0600. The average molecular weight is 297 g/mol. The van der Waals surface area contributed by atoms with Gasteiger partial charge in [-0.1, -0.05) is 6.07 Å². The topological polar surface area (TPSA) is 66.8 Å². The lowest BCUT2D eigenvalue weighted by Gasteiger charge is -2.21. The molecule has 0 heterocycles. The van der Waals surface area contributed by atoms with Crippen LogP contribution in [0.15, 0.2) is 24.3 Å². The number of esters is 1. The molecule has 0 saturated carbocycles. The summed E-state index contributed by atoms with van der Waals surface area (Å²) in [5, 5.41) is 20.1. The Balaban J connectivity index is 2.19. The number of phenolic OH excluding ortho intramolecular Hbond substituents is 2. The Morgan fingerprint density at radius 2 is 1.95 bits per heavy atom. The summed E-state index contributed by atoms with van der Waals surface area (Å²) in [5.41, 5.74) is 3.74. The number of benzene rings is 2. The van der Waals surface area contributed by atoms with Gasteiger partial charge in [-0.05, 0) is 60.6 Å². The summed E-state index contributed by atoms with van der Waals surface area (Å²) >= 11 is 0.